The van der Waals surface area contributed by atoms with Crippen molar-refractivity contribution in [1.82, 2.24) is 0 Å². The van der Waals surface area contributed by atoms with E-state index in [9.17, 15) is 31.4 Å². The molecular formula is C125H129F6N5O2. The number of aryl methyl sites for hydroxylation is 17. The molecule has 1 N–H and O–H groups in total. The maximum atomic E-state index is 13.8. The van der Waals surface area contributed by atoms with Crippen molar-refractivity contribution >= 4 is 28.4 Å². The molecule has 13 heteroatoms. The molecule has 0 amide bonds. The number of nitrogens with zero attached hydrogens (tertiary/aromatic N) is 5. The molecule has 5 heterocycles. The van der Waals surface area contributed by atoms with E-state index >= 15 is 0 Å². The molecule has 0 spiro atoms. The number of hydrogen-bond donors (Lipinski definition) is 1. The maximum Gasteiger partial charge on any atom is 0.416 e. The SMILES string of the molecule is COc1cc(CO)cc(CN2CCc3cccc(CCc4ccc(C)cc4)c32)c1.Cc1ccc(CCc2cccc3c2N(Cc2cc(C)cc(C(F)(F)F)c2)CC3)cc1.Cc1ccc(CCc2cccc3c2N(Cc2cc(C)cc(F)c2)CC3)cc1.Cc1ccc(CCc2cccc3c2N(Cc2ccc(F)cc2)CC3)cc1.Cc1ccc(CCc2cccc3c2N(Cc2cccc(F)c2)CC3)cc1. The first-order valence-electron chi connectivity index (χ1n) is 49.2. The molecule has 5 aliphatic rings. The Morgan fingerprint density at radius 1 is 0.246 bits per heavy atom. The molecule has 15 aromatic rings. The van der Waals surface area contributed by atoms with Crippen LogP contribution in [0.4, 0.5) is 54.8 Å². The summed E-state index contributed by atoms with van der Waals surface area (Å²) >= 11 is 0. The minimum atomic E-state index is -4.32. The number of benzene rings is 15. The van der Waals surface area contributed by atoms with Crippen molar-refractivity contribution in [2.75, 3.05) is 64.3 Å². The van der Waals surface area contributed by atoms with Crippen LogP contribution in [0.5, 0.6) is 5.75 Å². The van der Waals surface area contributed by atoms with Gasteiger partial charge in [0.1, 0.15) is 23.2 Å². The van der Waals surface area contributed by atoms with Gasteiger partial charge in [-0.3, -0.25) is 0 Å². The minimum Gasteiger partial charge on any atom is -0.497 e. The lowest BCUT2D eigenvalue weighted by atomic mass is 9.99. The molecule has 15 aromatic carbocycles. The van der Waals surface area contributed by atoms with E-state index in [1.165, 1.54) is 163 Å². The van der Waals surface area contributed by atoms with Crippen LogP contribution in [-0.2, 0) is 142 Å². The van der Waals surface area contributed by atoms with E-state index in [0.29, 0.717) is 17.7 Å². The van der Waals surface area contributed by atoms with Crippen molar-refractivity contribution in [1.29, 1.82) is 0 Å². The highest BCUT2D eigenvalue weighted by Crippen LogP contribution is 2.42. The summed E-state index contributed by atoms with van der Waals surface area (Å²) in [7, 11) is 1.68. The molecule has 0 radical (unpaired) electrons. The number of methoxy groups -OCH3 is 1. The van der Waals surface area contributed by atoms with E-state index < -0.39 is 11.7 Å². The van der Waals surface area contributed by atoms with E-state index in [0.717, 1.165) is 189 Å². The Morgan fingerprint density at radius 2 is 0.529 bits per heavy atom. The first-order chi connectivity index (χ1) is 66.9. The molecule has 0 aromatic heterocycles. The fraction of sp³-hybridized carbons (Fsp3) is 0.280. The van der Waals surface area contributed by atoms with Gasteiger partial charge in [-0.1, -0.05) is 288 Å². The summed E-state index contributed by atoms with van der Waals surface area (Å²) in [6.45, 7) is 22.9. The standard InChI is InChI=1S/C26H26F3N.C26H29NO2.C25H26FN.2C24H24FN/c1-18-6-8-20(9-7-18)10-11-22-4-3-5-23-12-13-30(25(22)23)17-21-14-19(2)15-24(16-21)26(27,28)29;1-19-6-8-20(9-7-19)10-11-23-4-3-5-24-12-13-27(26(23)24)17-21-14-22(18-28)16-25(15-21)29-2;1-18-6-8-20(9-7-18)10-11-22-4-3-5-23-12-13-27(25(22)23)17-21-14-19(2)15-24(26)16-21;1-18-8-10-19(11-9-18)12-13-21-5-3-6-22-14-15-26(24(21)22)17-20-4-2-7-23(25)16-20;1-18-5-7-19(8-6-18)9-12-21-3-2-4-22-15-16-26(24(21)22)17-20-10-13-23(25)14-11-20/h3-9,14-16H,10-13,17H2,1-2H3;3-9,14-16,28H,10-13,17-18H2,1-2H3;3-9,14-16H,10-13,17H2,1-2H3;2-11,16H,12-15,17H2,1H3;2-8,10-11,13-14H,9,12,15-17H2,1H3. The van der Waals surface area contributed by atoms with Gasteiger partial charge in [0, 0.05) is 93.9 Å². The number of alkyl halides is 3. The number of rotatable bonds is 27. The van der Waals surface area contributed by atoms with Crippen molar-refractivity contribution in [3.8, 4) is 5.75 Å². The molecule has 0 saturated carbocycles. The van der Waals surface area contributed by atoms with Gasteiger partial charge in [-0.2, -0.15) is 13.2 Å². The predicted octanol–water partition coefficient (Wildman–Crippen LogP) is 28.3. The Morgan fingerprint density at radius 3 is 0.841 bits per heavy atom. The van der Waals surface area contributed by atoms with E-state index in [2.05, 4.69) is 290 Å². The number of ether oxygens (including phenoxy) is 1. The monoisotopic (exact) mass is 1850 g/mol. The molecule has 0 saturated heterocycles. The number of aliphatic hydroxyl groups is 1. The van der Waals surface area contributed by atoms with E-state index in [1.54, 1.807) is 50.4 Å². The largest absolute Gasteiger partial charge is 0.497 e. The highest BCUT2D eigenvalue weighted by Gasteiger charge is 2.33. The normalized spacial score (nSPS) is 13.1. The fourth-order valence-electron chi connectivity index (χ4n) is 20.4. The second-order valence-electron chi connectivity index (χ2n) is 38.4. The van der Waals surface area contributed by atoms with Crippen LogP contribution in [0.2, 0.25) is 0 Å². The summed E-state index contributed by atoms with van der Waals surface area (Å²) in [4.78, 5) is 12.0. The van der Waals surface area contributed by atoms with Gasteiger partial charge in [0.05, 0.1) is 19.3 Å². The van der Waals surface area contributed by atoms with Crippen molar-refractivity contribution in [2.45, 2.75) is 190 Å². The van der Waals surface area contributed by atoms with Gasteiger partial charge >= 0.3 is 6.18 Å². The lowest BCUT2D eigenvalue weighted by Gasteiger charge is -2.23. The van der Waals surface area contributed by atoms with Gasteiger partial charge in [-0.15, -0.1) is 0 Å². The molecule has 0 unspecified atom stereocenters. The minimum absolute atomic E-state index is 0.0303. The van der Waals surface area contributed by atoms with E-state index in [4.69, 9.17) is 4.74 Å². The third kappa shape index (κ3) is 26.3. The van der Waals surface area contributed by atoms with Crippen molar-refractivity contribution in [3.05, 3.63) is 494 Å². The number of fused-ring (bicyclic) bond motifs is 5. The van der Waals surface area contributed by atoms with Crippen LogP contribution in [0, 0.1) is 65.9 Å². The summed E-state index contributed by atoms with van der Waals surface area (Å²) < 4.78 is 85.6. The fourth-order valence-corrected chi connectivity index (χ4v) is 20.4. The molecule has 20 rings (SSSR count). The van der Waals surface area contributed by atoms with E-state index in [-0.39, 0.29) is 24.1 Å². The average molecular weight is 1850 g/mol. The summed E-state index contributed by atoms with van der Waals surface area (Å²) in [6.07, 6.45) is 11.2. The van der Waals surface area contributed by atoms with Crippen LogP contribution >= 0.6 is 0 Å². The van der Waals surface area contributed by atoms with Crippen molar-refractivity contribution in [3.63, 3.8) is 0 Å². The van der Waals surface area contributed by atoms with Gasteiger partial charge in [0.15, 0.2) is 0 Å². The Kier molecular flexibility index (Phi) is 32.7. The Labute approximate surface area is 814 Å². The topological polar surface area (TPSA) is 45.7 Å². The molecule has 0 aliphatic carbocycles. The van der Waals surface area contributed by atoms with Crippen molar-refractivity contribution in [2.24, 2.45) is 0 Å². The average Bonchev–Trinajstić information content (AvgIpc) is 1.65. The molecule has 7 nitrogen and oxygen atoms in total. The molecular weight excluding hydrogens is 1720 g/mol. The lowest BCUT2D eigenvalue weighted by molar-refractivity contribution is -0.137. The van der Waals surface area contributed by atoms with Gasteiger partial charge in [-0.05, 0) is 328 Å². The number of halogens is 6. The zero-order valence-electron chi connectivity index (χ0n) is 81.3. The van der Waals surface area contributed by atoms with Gasteiger partial charge in [-0.25, -0.2) is 13.2 Å². The Bertz CT molecular complexity index is 6550. The first kappa shape index (κ1) is 97.7. The van der Waals surface area contributed by atoms with Gasteiger partial charge in [0.2, 0.25) is 0 Å². The summed E-state index contributed by atoms with van der Waals surface area (Å²) in [5, 5.41) is 9.57. The Balaban J connectivity index is 0.000000125. The smallest absolute Gasteiger partial charge is 0.416 e. The van der Waals surface area contributed by atoms with Crippen LogP contribution < -0.4 is 29.2 Å². The van der Waals surface area contributed by atoms with Crippen LogP contribution in [-0.4, -0.2) is 44.9 Å². The summed E-state index contributed by atoms with van der Waals surface area (Å²) in [5.74, 6) is 0.333. The number of para-hydroxylation sites is 5. The number of aliphatic hydroxyl groups excluding tert-OH is 1. The van der Waals surface area contributed by atoms with Crippen LogP contribution in [0.25, 0.3) is 0 Å². The lowest BCUT2D eigenvalue weighted by Crippen LogP contribution is -2.21. The zero-order valence-corrected chi connectivity index (χ0v) is 81.3. The molecule has 0 fully saturated rings. The maximum absolute atomic E-state index is 13.8. The van der Waals surface area contributed by atoms with Crippen molar-refractivity contribution < 1.29 is 36.2 Å². The first-order valence-corrected chi connectivity index (χ1v) is 49.2. The molecule has 708 valence electrons. The summed E-state index contributed by atoms with van der Waals surface area (Å²) in [6, 6.07) is 107. The highest BCUT2D eigenvalue weighted by atomic mass is 19.4. The third-order valence-electron chi connectivity index (χ3n) is 27.6. The molecule has 5 aliphatic heterocycles. The van der Waals surface area contributed by atoms with Gasteiger partial charge in [0.25, 0.3) is 0 Å². The second kappa shape index (κ2) is 46.2. The third-order valence-corrected chi connectivity index (χ3v) is 27.6. The molecule has 0 bridgehead atoms. The number of anilines is 5. The predicted molar refractivity (Wildman–Crippen MR) is 558 cm³/mol. The second-order valence-corrected chi connectivity index (χ2v) is 38.4. The molecule has 0 atom stereocenters. The van der Waals surface area contributed by atoms with E-state index in [1.807, 2.05) is 37.3 Å². The zero-order chi connectivity index (χ0) is 96.2. The number of hydrogen-bond acceptors (Lipinski definition) is 7. The van der Waals surface area contributed by atoms with Crippen LogP contribution in [0.15, 0.2) is 315 Å². The van der Waals surface area contributed by atoms with Gasteiger partial charge < -0.3 is 34.3 Å². The van der Waals surface area contributed by atoms with Crippen LogP contribution in [0.1, 0.15) is 161 Å². The highest BCUT2D eigenvalue weighted by molar-refractivity contribution is 5.69. The summed E-state index contributed by atoms with van der Waals surface area (Å²) in [5.41, 5.74) is 41.0. The molecule has 138 heavy (non-hydrogen) atoms. The van der Waals surface area contributed by atoms with Crippen LogP contribution in [0.3, 0.4) is 0 Å². The Hall–Kier alpha value is -13.4. The quantitative estimate of drug-likeness (QED) is 0.0515.